The van der Waals surface area contributed by atoms with E-state index in [2.05, 4.69) is 38.5 Å². The number of fused-ring (bicyclic) bond motifs is 1. The molecule has 2 amide bonds. The maximum atomic E-state index is 12.2. The first-order valence-corrected chi connectivity index (χ1v) is 13.1. The molecule has 0 bridgehead atoms. The minimum Gasteiger partial charge on any atom is -0.337 e. The second-order valence-electron chi connectivity index (χ2n) is 8.59. The third kappa shape index (κ3) is 5.48. The molecule has 0 aliphatic heterocycles. The van der Waals surface area contributed by atoms with E-state index in [1.165, 1.54) is 0 Å². The van der Waals surface area contributed by atoms with E-state index in [1.807, 2.05) is 39.1 Å². The summed E-state index contributed by atoms with van der Waals surface area (Å²) in [4.78, 5) is 21.8. The lowest BCUT2D eigenvalue weighted by atomic mass is 10.0. The Kier molecular flexibility index (Phi) is 7.11. The van der Waals surface area contributed by atoms with E-state index in [4.69, 9.17) is 4.98 Å². The number of nitrogens with one attached hydrogen (secondary N) is 2. The van der Waals surface area contributed by atoms with Crippen LogP contribution in [0, 0.1) is 20.8 Å². The molecule has 0 aliphatic rings. The van der Waals surface area contributed by atoms with Gasteiger partial charge in [0, 0.05) is 18.3 Å². The van der Waals surface area contributed by atoms with Gasteiger partial charge in [0.25, 0.3) is 0 Å². The Balaban J connectivity index is 1.40. The fourth-order valence-corrected chi connectivity index (χ4v) is 5.01. The number of rotatable bonds is 7. The summed E-state index contributed by atoms with van der Waals surface area (Å²) in [5, 5.41) is 2.70. The Morgan fingerprint density at radius 3 is 2.34 bits per heavy atom. The van der Waals surface area contributed by atoms with Gasteiger partial charge in [-0.2, -0.15) is 0 Å². The minimum atomic E-state index is -3.41. The number of aromatic nitrogens is 3. The van der Waals surface area contributed by atoms with E-state index in [0.29, 0.717) is 13.0 Å². The lowest BCUT2D eigenvalue weighted by Gasteiger charge is -2.32. The number of amides is 2. The Morgan fingerprint density at radius 1 is 1.00 bits per heavy atom. The van der Waals surface area contributed by atoms with Crippen molar-refractivity contribution in [2.75, 3.05) is 6.54 Å². The van der Waals surface area contributed by atoms with Gasteiger partial charge < -0.3 is 5.32 Å². The van der Waals surface area contributed by atoms with Crippen LogP contribution in [0.4, 0.5) is 4.79 Å². The van der Waals surface area contributed by atoms with Crippen LogP contribution < -0.4 is 10.0 Å². The summed E-state index contributed by atoms with van der Waals surface area (Å²) >= 11 is 0. The maximum Gasteiger partial charge on any atom is 0.333 e. The molecule has 4 rings (SSSR count). The number of carbonyl (C=O) groups excluding carboxylic acids is 1. The number of carbonyl (C=O) groups is 1. The van der Waals surface area contributed by atoms with Crippen molar-refractivity contribution in [3.8, 4) is 11.3 Å². The van der Waals surface area contributed by atoms with Crippen molar-refractivity contribution in [2.45, 2.75) is 45.4 Å². The molecule has 0 fully saturated rings. The third-order valence-electron chi connectivity index (χ3n) is 5.81. The number of benzene rings is 2. The van der Waals surface area contributed by atoms with Crippen molar-refractivity contribution in [3.05, 3.63) is 82.9 Å². The van der Waals surface area contributed by atoms with Crippen LogP contribution in [0.25, 0.3) is 16.9 Å². The van der Waals surface area contributed by atoms with Gasteiger partial charge in [-0.1, -0.05) is 59.7 Å². The van der Waals surface area contributed by atoms with Crippen LogP contribution in [0.3, 0.4) is 0 Å². The quantitative estimate of drug-likeness (QED) is 0.273. The van der Waals surface area contributed by atoms with Crippen LogP contribution in [0.5, 0.6) is 0 Å². The highest BCUT2D eigenvalue weighted by Gasteiger charge is 2.18. The zero-order chi connectivity index (χ0) is 25.2. The van der Waals surface area contributed by atoms with E-state index in [9.17, 15) is 13.9 Å². The molecule has 2 aromatic carbocycles. The summed E-state index contributed by atoms with van der Waals surface area (Å²) in [6.07, 6.45) is 3.44. The van der Waals surface area contributed by atoms with E-state index in [1.54, 1.807) is 24.3 Å². The van der Waals surface area contributed by atoms with Crippen molar-refractivity contribution in [1.82, 2.24) is 24.4 Å². The maximum absolute atomic E-state index is 12.2. The smallest absolute Gasteiger partial charge is 0.333 e. The Labute approximate surface area is 206 Å². The monoisotopic (exact) mass is 493 g/mol. The number of hydrogen-bond acceptors (Lipinski definition) is 5. The van der Waals surface area contributed by atoms with Gasteiger partial charge in [0.2, 0.25) is 0 Å². The Morgan fingerprint density at radius 2 is 1.69 bits per heavy atom. The molecular formula is C26H31N5O3S. The molecule has 0 spiro atoms. The van der Waals surface area contributed by atoms with Crippen molar-refractivity contribution < 1.29 is 13.9 Å². The minimum absolute atomic E-state index is 0.272. The van der Waals surface area contributed by atoms with Gasteiger partial charge in [-0.3, -0.25) is 18.5 Å². The number of aryl methyl sites for hydroxylation is 4. The molecule has 0 aliphatic carbocycles. The van der Waals surface area contributed by atoms with Gasteiger partial charge in [0.1, 0.15) is 0 Å². The van der Waals surface area contributed by atoms with Gasteiger partial charge in [-0.15, -0.1) is 0 Å². The number of imidazole rings is 1. The van der Waals surface area contributed by atoms with E-state index in [0.717, 1.165) is 51.5 Å². The number of nitrogens with zero attached hydrogens (tertiary/aromatic N) is 3. The molecule has 4 N–H and O–H groups in total. The van der Waals surface area contributed by atoms with E-state index < -0.39 is 16.8 Å². The lowest BCUT2D eigenvalue weighted by molar-refractivity contribution is 0.245. The average Bonchev–Trinajstić information content (AvgIpc) is 3.18. The van der Waals surface area contributed by atoms with Gasteiger partial charge in [0.05, 0.1) is 27.7 Å². The summed E-state index contributed by atoms with van der Waals surface area (Å²) in [5.74, 6) is 0. The van der Waals surface area contributed by atoms with Crippen LogP contribution in [0.1, 0.15) is 35.1 Å². The van der Waals surface area contributed by atoms with Crippen LogP contribution in [0.2, 0.25) is 0 Å². The standard InChI is InChI=1S/C26H31N5O3S/c1-5-23-24(31-16-18(3)28-19(4)25(31)29-23)21-10-8-20(9-11-21)14-15-27-26(32)30-35(33,34)22-12-6-17(2)7-13-22/h6-13,16,33-34H,5,14-15H2,1-4H3,(H2,27,30,32). The molecule has 2 aromatic heterocycles. The largest absolute Gasteiger partial charge is 0.337 e. The van der Waals surface area contributed by atoms with Crippen molar-refractivity contribution in [3.63, 3.8) is 0 Å². The summed E-state index contributed by atoms with van der Waals surface area (Å²) in [5.41, 5.74) is 7.94. The highest BCUT2D eigenvalue weighted by atomic mass is 32.3. The molecule has 0 radical (unpaired) electrons. The van der Waals surface area contributed by atoms with Gasteiger partial charge in [-0.05, 0) is 51.3 Å². The summed E-state index contributed by atoms with van der Waals surface area (Å²) in [7, 11) is -3.41. The summed E-state index contributed by atoms with van der Waals surface area (Å²) < 4.78 is 25.0. The van der Waals surface area contributed by atoms with Crippen LogP contribution in [0.15, 0.2) is 59.6 Å². The van der Waals surface area contributed by atoms with Crippen LogP contribution in [-0.2, 0) is 12.8 Å². The lowest BCUT2D eigenvalue weighted by Crippen LogP contribution is -2.38. The molecule has 184 valence electrons. The number of hydrogen-bond donors (Lipinski definition) is 4. The van der Waals surface area contributed by atoms with Crippen LogP contribution in [-0.4, -0.2) is 36.1 Å². The first-order valence-electron chi connectivity index (χ1n) is 11.5. The molecule has 0 unspecified atom stereocenters. The average molecular weight is 494 g/mol. The predicted octanol–water partition coefficient (Wildman–Crippen LogP) is 5.45. The zero-order valence-electron chi connectivity index (χ0n) is 20.4. The second kappa shape index (κ2) is 10.1. The SMILES string of the molecule is CCc1nc2c(C)nc(C)cn2c1-c1ccc(CCNC(=O)NS(O)(O)c2ccc(C)cc2)cc1. The third-order valence-corrected chi connectivity index (χ3v) is 7.21. The zero-order valence-corrected chi connectivity index (χ0v) is 21.2. The highest BCUT2D eigenvalue weighted by molar-refractivity contribution is 8.23. The first-order chi connectivity index (χ1) is 16.7. The molecule has 0 saturated heterocycles. The molecule has 4 aromatic rings. The molecule has 0 atom stereocenters. The van der Waals surface area contributed by atoms with Crippen molar-refractivity contribution in [2.24, 2.45) is 0 Å². The van der Waals surface area contributed by atoms with Gasteiger partial charge >= 0.3 is 6.03 Å². The topological polar surface area (TPSA) is 112 Å². The molecule has 0 saturated carbocycles. The van der Waals surface area contributed by atoms with E-state index in [-0.39, 0.29) is 4.90 Å². The fraction of sp³-hybridized carbons (Fsp3) is 0.269. The molecule has 2 heterocycles. The van der Waals surface area contributed by atoms with Crippen molar-refractivity contribution in [1.29, 1.82) is 0 Å². The molecular weight excluding hydrogens is 462 g/mol. The number of urea groups is 1. The van der Waals surface area contributed by atoms with Gasteiger partial charge in [0.15, 0.2) is 5.65 Å². The fourth-order valence-electron chi connectivity index (χ4n) is 4.04. The van der Waals surface area contributed by atoms with E-state index >= 15 is 0 Å². The Hall–Kier alpha value is -3.40. The normalized spacial score (nSPS) is 12.1. The second-order valence-corrected chi connectivity index (χ2v) is 10.4. The molecule has 9 heteroatoms. The molecule has 35 heavy (non-hydrogen) atoms. The Bertz CT molecular complexity index is 1350. The molecule has 8 nitrogen and oxygen atoms in total. The summed E-state index contributed by atoms with van der Waals surface area (Å²) in [6.45, 7) is 8.31. The predicted molar refractivity (Wildman–Crippen MR) is 140 cm³/mol. The highest BCUT2D eigenvalue weighted by Crippen LogP contribution is 2.43. The van der Waals surface area contributed by atoms with Crippen LogP contribution >= 0.6 is 10.8 Å². The van der Waals surface area contributed by atoms with Gasteiger partial charge in [-0.25, -0.2) is 14.5 Å². The van der Waals surface area contributed by atoms with Crippen molar-refractivity contribution >= 4 is 22.5 Å². The first kappa shape index (κ1) is 24.7. The summed E-state index contributed by atoms with van der Waals surface area (Å²) in [6, 6.07) is 14.3.